The molecule has 0 unspecified atom stereocenters. The molecule has 0 aliphatic carbocycles. The van der Waals surface area contributed by atoms with E-state index in [4.69, 9.17) is 16.3 Å². The number of halogens is 1. The second-order valence-electron chi connectivity index (χ2n) is 5.81. The second-order valence-corrected chi connectivity index (χ2v) is 6.24. The zero-order valence-electron chi connectivity index (χ0n) is 13.2. The van der Waals surface area contributed by atoms with Crippen LogP contribution in [0.25, 0.3) is 10.9 Å². The summed E-state index contributed by atoms with van der Waals surface area (Å²) in [5.41, 5.74) is 1.59. The molecule has 1 aromatic carbocycles. The summed E-state index contributed by atoms with van der Waals surface area (Å²) in [5, 5.41) is 4.51. The van der Waals surface area contributed by atoms with Crippen LogP contribution in [-0.2, 0) is 11.2 Å². The van der Waals surface area contributed by atoms with Crippen molar-refractivity contribution in [2.24, 2.45) is 0 Å². The average Bonchev–Trinajstić information content (AvgIpc) is 2.93. The molecule has 8 heteroatoms. The van der Waals surface area contributed by atoms with E-state index in [-0.39, 0.29) is 24.0 Å². The number of aromatic amines is 1. The number of rotatable bonds is 3. The van der Waals surface area contributed by atoms with E-state index in [1.807, 2.05) is 6.92 Å². The van der Waals surface area contributed by atoms with Crippen molar-refractivity contribution in [3.8, 4) is 5.75 Å². The number of benzene rings is 1. The molecule has 0 spiro atoms. The molecule has 1 atom stereocenters. The SMILES string of the molecule is C[C@H](Nc1ncc2c(n1)CC(=O)O2)c1cc2cc(Cl)ccc2[nH]c1=O. The maximum atomic E-state index is 12.3. The first-order chi connectivity index (χ1) is 12.0. The third kappa shape index (κ3) is 2.94. The van der Waals surface area contributed by atoms with Gasteiger partial charge in [0.25, 0.3) is 5.56 Å². The number of anilines is 1. The van der Waals surface area contributed by atoms with Crippen molar-refractivity contribution >= 4 is 34.4 Å². The van der Waals surface area contributed by atoms with Crippen molar-refractivity contribution in [1.82, 2.24) is 15.0 Å². The van der Waals surface area contributed by atoms with Crippen LogP contribution in [-0.4, -0.2) is 20.9 Å². The van der Waals surface area contributed by atoms with Crippen LogP contribution >= 0.6 is 11.6 Å². The number of hydrogen-bond acceptors (Lipinski definition) is 6. The number of ether oxygens (including phenoxy) is 1. The summed E-state index contributed by atoms with van der Waals surface area (Å²) in [6.45, 7) is 1.83. The molecule has 2 aromatic heterocycles. The molecule has 3 heterocycles. The van der Waals surface area contributed by atoms with E-state index in [0.717, 1.165) is 10.9 Å². The molecule has 25 heavy (non-hydrogen) atoms. The van der Waals surface area contributed by atoms with Crippen LogP contribution in [0, 0.1) is 0 Å². The van der Waals surface area contributed by atoms with E-state index < -0.39 is 0 Å². The molecule has 7 nitrogen and oxygen atoms in total. The predicted octanol–water partition coefficient (Wildman–Crippen LogP) is 2.61. The molecule has 3 aromatic rings. The largest absolute Gasteiger partial charge is 0.423 e. The lowest BCUT2D eigenvalue weighted by Crippen LogP contribution is -2.20. The van der Waals surface area contributed by atoms with Crippen molar-refractivity contribution in [3.63, 3.8) is 0 Å². The fourth-order valence-corrected chi connectivity index (χ4v) is 2.95. The molecular formula is C17H13ClN4O3. The van der Waals surface area contributed by atoms with Gasteiger partial charge in [0.1, 0.15) is 0 Å². The van der Waals surface area contributed by atoms with E-state index in [1.165, 1.54) is 6.20 Å². The van der Waals surface area contributed by atoms with E-state index >= 15 is 0 Å². The maximum Gasteiger partial charge on any atom is 0.317 e. The molecule has 4 rings (SSSR count). The quantitative estimate of drug-likeness (QED) is 0.700. The van der Waals surface area contributed by atoms with Crippen molar-refractivity contribution in [2.45, 2.75) is 19.4 Å². The first kappa shape index (κ1) is 15.6. The van der Waals surface area contributed by atoms with Gasteiger partial charge in [-0.1, -0.05) is 11.6 Å². The van der Waals surface area contributed by atoms with Gasteiger partial charge in [-0.15, -0.1) is 0 Å². The molecule has 0 radical (unpaired) electrons. The number of aromatic nitrogens is 3. The fraction of sp³-hybridized carbons (Fsp3) is 0.176. The minimum absolute atomic E-state index is 0.121. The normalized spacial score (nSPS) is 14.2. The zero-order chi connectivity index (χ0) is 17.6. The number of fused-ring (bicyclic) bond motifs is 2. The van der Waals surface area contributed by atoms with Crippen LogP contribution < -0.4 is 15.6 Å². The second kappa shape index (κ2) is 5.86. The third-order valence-corrected chi connectivity index (χ3v) is 4.25. The number of nitrogens with zero attached hydrogens (tertiary/aromatic N) is 2. The topological polar surface area (TPSA) is 97.0 Å². The summed E-state index contributed by atoms with van der Waals surface area (Å²) < 4.78 is 4.97. The molecule has 0 saturated heterocycles. The van der Waals surface area contributed by atoms with Crippen LogP contribution in [0.4, 0.5) is 5.95 Å². The zero-order valence-corrected chi connectivity index (χ0v) is 13.9. The highest BCUT2D eigenvalue weighted by molar-refractivity contribution is 6.31. The molecule has 1 aliphatic heterocycles. The molecule has 0 amide bonds. The number of carbonyl (C=O) groups excluding carboxylic acids is 1. The summed E-state index contributed by atoms with van der Waals surface area (Å²) in [6, 6.07) is 6.73. The van der Waals surface area contributed by atoms with Gasteiger partial charge in [-0.25, -0.2) is 9.97 Å². The molecule has 0 saturated carbocycles. The Labute approximate surface area is 147 Å². The number of carbonyl (C=O) groups is 1. The minimum Gasteiger partial charge on any atom is -0.423 e. The number of hydrogen-bond donors (Lipinski definition) is 2. The van der Waals surface area contributed by atoms with Gasteiger partial charge >= 0.3 is 5.97 Å². The Hall–Kier alpha value is -2.93. The number of nitrogens with one attached hydrogen (secondary N) is 2. The van der Waals surface area contributed by atoms with E-state index in [9.17, 15) is 9.59 Å². The highest BCUT2D eigenvalue weighted by Crippen LogP contribution is 2.25. The van der Waals surface area contributed by atoms with Crippen molar-refractivity contribution in [3.05, 3.63) is 57.1 Å². The van der Waals surface area contributed by atoms with Gasteiger partial charge in [-0.3, -0.25) is 9.59 Å². The summed E-state index contributed by atoms with van der Waals surface area (Å²) in [7, 11) is 0. The first-order valence-electron chi connectivity index (χ1n) is 7.65. The van der Waals surface area contributed by atoms with Gasteiger partial charge in [0.2, 0.25) is 5.95 Å². The number of pyridine rings is 1. The van der Waals surface area contributed by atoms with E-state index in [2.05, 4.69) is 20.3 Å². The smallest absolute Gasteiger partial charge is 0.317 e. The van der Waals surface area contributed by atoms with Crippen molar-refractivity contribution in [1.29, 1.82) is 0 Å². The van der Waals surface area contributed by atoms with Crippen LogP contribution in [0.3, 0.4) is 0 Å². The highest BCUT2D eigenvalue weighted by Gasteiger charge is 2.23. The Morgan fingerprint density at radius 3 is 3.00 bits per heavy atom. The maximum absolute atomic E-state index is 12.3. The van der Waals surface area contributed by atoms with Gasteiger partial charge in [0, 0.05) is 21.5 Å². The lowest BCUT2D eigenvalue weighted by Gasteiger charge is -2.14. The monoisotopic (exact) mass is 356 g/mol. The van der Waals surface area contributed by atoms with Gasteiger partial charge in [-0.2, -0.15) is 0 Å². The Kier molecular flexibility index (Phi) is 3.65. The minimum atomic E-state index is -0.350. The molecule has 126 valence electrons. The number of esters is 1. The van der Waals surface area contributed by atoms with E-state index in [1.54, 1.807) is 24.3 Å². The Morgan fingerprint density at radius 1 is 1.32 bits per heavy atom. The van der Waals surface area contributed by atoms with Gasteiger partial charge in [0.15, 0.2) is 5.75 Å². The average molecular weight is 357 g/mol. The highest BCUT2D eigenvalue weighted by atomic mass is 35.5. The predicted molar refractivity (Wildman–Crippen MR) is 93.0 cm³/mol. The molecule has 1 aliphatic rings. The van der Waals surface area contributed by atoms with Crippen LogP contribution in [0.15, 0.2) is 35.3 Å². The number of H-pyrrole nitrogens is 1. The summed E-state index contributed by atoms with van der Waals surface area (Å²) >= 11 is 6.02. The Balaban J connectivity index is 1.65. The van der Waals surface area contributed by atoms with Gasteiger partial charge < -0.3 is 15.0 Å². The van der Waals surface area contributed by atoms with Crippen molar-refractivity contribution < 1.29 is 9.53 Å². The Bertz CT molecular complexity index is 1060. The first-order valence-corrected chi connectivity index (χ1v) is 8.03. The molecular weight excluding hydrogens is 344 g/mol. The standard InChI is InChI=1S/C17H13ClN4O3/c1-8(20-17-19-7-14-13(22-17)6-15(23)25-14)11-5-9-4-10(18)2-3-12(9)21-16(11)24/h2-5,7-8H,6H2,1H3,(H,21,24)(H,19,20,22)/t8-/m0/s1. The van der Waals surface area contributed by atoms with Crippen molar-refractivity contribution in [2.75, 3.05) is 5.32 Å². The fourth-order valence-electron chi connectivity index (χ4n) is 2.77. The lowest BCUT2D eigenvalue weighted by atomic mass is 10.1. The molecule has 0 fully saturated rings. The van der Waals surface area contributed by atoms with Crippen LogP contribution in [0.5, 0.6) is 5.75 Å². The molecule has 2 N–H and O–H groups in total. The van der Waals surface area contributed by atoms with Gasteiger partial charge in [-0.05, 0) is 31.2 Å². The van der Waals surface area contributed by atoms with Crippen LogP contribution in [0.2, 0.25) is 5.02 Å². The summed E-state index contributed by atoms with van der Waals surface area (Å²) in [4.78, 5) is 34.9. The Morgan fingerprint density at radius 2 is 2.16 bits per heavy atom. The molecule has 0 bridgehead atoms. The van der Waals surface area contributed by atoms with E-state index in [0.29, 0.717) is 28.0 Å². The summed E-state index contributed by atoms with van der Waals surface area (Å²) in [5.74, 6) is 0.355. The summed E-state index contributed by atoms with van der Waals surface area (Å²) in [6.07, 6.45) is 1.57. The van der Waals surface area contributed by atoms with Gasteiger partial charge in [0.05, 0.1) is 24.4 Å². The third-order valence-electron chi connectivity index (χ3n) is 4.01. The van der Waals surface area contributed by atoms with Crippen LogP contribution in [0.1, 0.15) is 24.2 Å². The lowest BCUT2D eigenvalue weighted by molar-refractivity contribution is -0.131.